The first kappa shape index (κ1) is 16.5. The fraction of sp³-hybridized carbons (Fsp3) is 0.211. The van der Waals surface area contributed by atoms with Gasteiger partial charge in [-0.3, -0.25) is 4.79 Å². The van der Waals surface area contributed by atoms with E-state index in [0.717, 1.165) is 15.7 Å². The van der Waals surface area contributed by atoms with Crippen LogP contribution in [0.3, 0.4) is 0 Å². The number of nitrogens with one attached hydrogen (secondary N) is 1. The summed E-state index contributed by atoms with van der Waals surface area (Å²) in [7, 11) is 0. The number of hydrogen-bond acceptors (Lipinski definition) is 1. The topological polar surface area (TPSA) is 29.1 Å². The van der Waals surface area contributed by atoms with Crippen molar-refractivity contribution in [1.29, 1.82) is 0 Å². The minimum Gasteiger partial charge on any atom is -0.321 e. The molecule has 0 radical (unpaired) electrons. The van der Waals surface area contributed by atoms with Gasteiger partial charge in [-0.2, -0.15) is 0 Å². The maximum absolute atomic E-state index is 11.9. The minimum absolute atomic E-state index is 0.138. The van der Waals surface area contributed by atoms with Gasteiger partial charge in [-0.15, -0.1) is 0 Å². The smallest absolute Gasteiger partial charge is 0.248 e. The molecule has 0 aliphatic carbocycles. The molecule has 0 saturated heterocycles. The van der Waals surface area contributed by atoms with Crippen LogP contribution >= 0.6 is 15.9 Å². The molecule has 3 heteroatoms. The van der Waals surface area contributed by atoms with Gasteiger partial charge in [0, 0.05) is 10.5 Å². The van der Waals surface area contributed by atoms with Gasteiger partial charge in [-0.25, -0.2) is 0 Å². The number of amides is 1. The number of carbonyl (C=O) groups is 1. The highest BCUT2D eigenvalue weighted by Gasteiger charge is 2.12. The van der Waals surface area contributed by atoms with E-state index in [1.807, 2.05) is 42.5 Å². The Balaban J connectivity index is 2.02. The minimum atomic E-state index is -0.146. The predicted molar refractivity (Wildman–Crippen MR) is 96.9 cm³/mol. The van der Waals surface area contributed by atoms with Gasteiger partial charge in [0.05, 0.1) is 5.69 Å². The summed E-state index contributed by atoms with van der Waals surface area (Å²) >= 11 is 3.41. The normalized spacial score (nSPS) is 11.6. The van der Waals surface area contributed by atoms with E-state index in [-0.39, 0.29) is 11.3 Å². The molecule has 2 aromatic rings. The summed E-state index contributed by atoms with van der Waals surface area (Å²) in [6.07, 6.45) is 3.37. The highest BCUT2D eigenvalue weighted by molar-refractivity contribution is 9.10. The van der Waals surface area contributed by atoms with E-state index >= 15 is 0 Å². The monoisotopic (exact) mass is 357 g/mol. The van der Waals surface area contributed by atoms with Crippen LogP contribution in [0.5, 0.6) is 0 Å². The predicted octanol–water partition coefficient (Wildman–Crippen LogP) is 5.40. The molecule has 0 saturated carbocycles. The molecule has 2 nitrogen and oxygen atoms in total. The van der Waals surface area contributed by atoms with Crippen molar-refractivity contribution in [2.24, 2.45) is 0 Å². The molecule has 22 heavy (non-hydrogen) atoms. The van der Waals surface area contributed by atoms with Crippen molar-refractivity contribution in [2.45, 2.75) is 26.2 Å². The first-order valence-corrected chi connectivity index (χ1v) is 8.00. The van der Waals surface area contributed by atoms with Gasteiger partial charge in [0.15, 0.2) is 0 Å². The molecule has 2 aromatic carbocycles. The molecule has 0 heterocycles. The Bertz CT molecular complexity index is 681. The number of rotatable bonds is 3. The maximum atomic E-state index is 11.9. The van der Waals surface area contributed by atoms with Gasteiger partial charge >= 0.3 is 0 Å². The van der Waals surface area contributed by atoms with Crippen LogP contribution in [0.1, 0.15) is 31.9 Å². The van der Waals surface area contributed by atoms with Crippen LogP contribution in [0.2, 0.25) is 0 Å². The fourth-order valence-corrected chi connectivity index (χ4v) is 2.39. The van der Waals surface area contributed by atoms with Crippen LogP contribution in [-0.4, -0.2) is 5.91 Å². The molecule has 1 N–H and O–H groups in total. The van der Waals surface area contributed by atoms with Crippen molar-refractivity contribution in [1.82, 2.24) is 0 Å². The molecule has 114 valence electrons. The van der Waals surface area contributed by atoms with Gasteiger partial charge in [0.2, 0.25) is 5.91 Å². The second kappa shape index (κ2) is 6.93. The van der Waals surface area contributed by atoms with Gasteiger partial charge < -0.3 is 5.32 Å². The average molecular weight is 358 g/mol. The van der Waals surface area contributed by atoms with E-state index in [1.54, 1.807) is 6.08 Å². The number of hydrogen-bond donors (Lipinski definition) is 1. The second-order valence-electron chi connectivity index (χ2n) is 6.17. The summed E-state index contributed by atoms with van der Waals surface area (Å²) < 4.78 is 0.867. The lowest BCUT2D eigenvalue weighted by atomic mass is 9.87. The molecule has 0 aliphatic rings. The summed E-state index contributed by atoms with van der Waals surface area (Å²) in [5.41, 5.74) is 3.19. The van der Waals surface area contributed by atoms with Gasteiger partial charge in [-0.05, 0) is 50.7 Å². The zero-order chi connectivity index (χ0) is 16.2. The number of carbonyl (C=O) groups excluding carboxylic acids is 1. The summed E-state index contributed by atoms with van der Waals surface area (Å²) in [6, 6.07) is 15.8. The molecule has 0 atom stereocenters. The Labute approximate surface area is 140 Å². The largest absolute Gasteiger partial charge is 0.321 e. The molecule has 0 aromatic heterocycles. The van der Waals surface area contributed by atoms with Crippen molar-refractivity contribution in [3.8, 4) is 0 Å². The van der Waals surface area contributed by atoms with E-state index in [0.29, 0.717) is 0 Å². The van der Waals surface area contributed by atoms with Crippen molar-refractivity contribution in [3.63, 3.8) is 0 Å². The lowest BCUT2D eigenvalue weighted by Gasteiger charge is -2.18. The van der Waals surface area contributed by atoms with E-state index in [4.69, 9.17) is 0 Å². The Morgan fingerprint density at radius 2 is 1.68 bits per heavy atom. The highest BCUT2D eigenvalue weighted by Crippen LogP contribution is 2.23. The standard InChI is InChI=1S/C19H20BrNO/c1-19(2,3)15-11-8-14(9-12-15)10-13-18(22)21-17-7-5-4-6-16(17)20/h4-13H,1-3H3,(H,21,22). The number of halogens is 1. The molecule has 0 fully saturated rings. The van der Waals surface area contributed by atoms with Crippen molar-refractivity contribution >= 4 is 33.6 Å². The SMILES string of the molecule is CC(C)(C)c1ccc(C=CC(=O)Nc2ccccc2Br)cc1. The third kappa shape index (κ3) is 4.57. The summed E-state index contributed by atoms with van der Waals surface area (Å²) in [5.74, 6) is -0.146. The molecular weight excluding hydrogens is 338 g/mol. The fourth-order valence-electron chi connectivity index (χ4n) is 2.00. The first-order chi connectivity index (χ1) is 10.4. The van der Waals surface area contributed by atoms with Crippen molar-refractivity contribution in [2.75, 3.05) is 5.32 Å². The van der Waals surface area contributed by atoms with Crippen LogP contribution < -0.4 is 5.32 Å². The third-order valence-corrected chi connectivity index (χ3v) is 4.03. The lowest BCUT2D eigenvalue weighted by molar-refractivity contribution is -0.111. The second-order valence-corrected chi connectivity index (χ2v) is 7.03. The zero-order valence-corrected chi connectivity index (χ0v) is 14.6. The average Bonchev–Trinajstić information content (AvgIpc) is 2.47. The quantitative estimate of drug-likeness (QED) is 0.732. The molecule has 1 amide bonds. The van der Waals surface area contributed by atoms with Crippen LogP contribution in [0, 0.1) is 0 Å². The maximum Gasteiger partial charge on any atom is 0.248 e. The Morgan fingerprint density at radius 1 is 1.05 bits per heavy atom. The van der Waals surface area contributed by atoms with Gasteiger partial charge in [0.25, 0.3) is 0 Å². The highest BCUT2D eigenvalue weighted by atomic mass is 79.9. The van der Waals surface area contributed by atoms with Crippen LogP contribution in [-0.2, 0) is 10.2 Å². The Morgan fingerprint density at radius 3 is 2.27 bits per heavy atom. The number of para-hydroxylation sites is 1. The summed E-state index contributed by atoms with van der Waals surface area (Å²) in [4.78, 5) is 11.9. The lowest BCUT2D eigenvalue weighted by Crippen LogP contribution is -2.10. The Hall–Kier alpha value is -1.87. The molecule has 0 bridgehead atoms. The van der Waals surface area contributed by atoms with Gasteiger partial charge in [0.1, 0.15) is 0 Å². The third-order valence-electron chi connectivity index (χ3n) is 3.34. The molecule has 2 rings (SSSR count). The Kier molecular flexibility index (Phi) is 5.19. The molecular formula is C19H20BrNO. The van der Waals surface area contributed by atoms with Crippen molar-refractivity contribution < 1.29 is 4.79 Å². The summed E-state index contributed by atoms with van der Waals surface area (Å²) in [6.45, 7) is 6.55. The number of benzene rings is 2. The zero-order valence-electron chi connectivity index (χ0n) is 13.1. The molecule has 0 unspecified atom stereocenters. The van der Waals surface area contributed by atoms with E-state index in [9.17, 15) is 4.79 Å². The molecule has 0 spiro atoms. The first-order valence-electron chi connectivity index (χ1n) is 7.20. The van der Waals surface area contributed by atoms with Crippen LogP contribution in [0.15, 0.2) is 59.1 Å². The van der Waals surface area contributed by atoms with Crippen molar-refractivity contribution in [3.05, 3.63) is 70.2 Å². The summed E-state index contributed by atoms with van der Waals surface area (Å²) in [5, 5.41) is 2.84. The van der Waals surface area contributed by atoms with E-state index in [2.05, 4.69) is 54.2 Å². The van der Waals surface area contributed by atoms with Crippen LogP contribution in [0.4, 0.5) is 5.69 Å². The van der Waals surface area contributed by atoms with E-state index < -0.39 is 0 Å². The molecule has 0 aliphatic heterocycles. The van der Waals surface area contributed by atoms with Crippen LogP contribution in [0.25, 0.3) is 6.08 Å². The van der Waals surface area contributed by atoms with Gasteiger partial charge in [-0.1, -0.05) is 57.2 Å². The van der Waals surface area contributed by atoms with E-state index in [1.165, 1.54) is 5.56 Å². The number of anilines is 1.